The van der Waals surface area contributed by atoms with E-state index in [0.29, 0.717) is 0 Å². The van der Waals surface area contributed by atoms with E-state index in [9.17, 15) is 0 Å². The first-order valence-corrected chi connectivity index (χ1v) is 6.72. The zero-order valence-electron chi connectivity index (χ0n) is 10.9. The van der Waals surface area contributed by atoms with E-state index in [-0.39, 0.29) is 12.2 Å². The Hall–Kier alpha value is -0.780. The lowest BCUT2D eigenvalue weighted by Gasteiger charge is -2.21. The van der Waals surface area contributed by atoms with Crippen LogP contribution in [0.1, 0.15) is 5.56 Å². The summed E-state index contributed by atoms with van der Waals surface area (Å²) in [7, 11) is 3.45. The topological polar surface area (TPSA) is 47.7 Å². The van der Waals surface area contributed by atoms with Gasteiger partial charge in [0.1, 0.15) is 12.2 Å². The van der Waals surface area contributed by atoms with Gasteiger partial charge in [-0.25, -0.2) is 0 Å². The molecule has 0 aromatic heterocycles. The maximum absolute atomic E-state index is 5.90. The van der Waals surface area contributed by atoms with Crippen molar-refractivity contribution in [2.45, 2.75) is 19.1 Å². The molecule has 100 valence electrons. The fraction of sp³-hybridized carbons (Fsp3) is 0.538. The Balaban J connectivity index is 2.25. The highest BCUT2D eigenvalue weighted by Crippen LogP contribution is 2.33. The summed E-state index contributed by atoms with van der Waals surface area (Å²) >= 11 is 3.57. The normalized spacial score (nSPS) is 23.7. The van der Waals surface area contributed by atoms with Crippen molar-refractivity contribution < 1.29 is 9.47 Å². The molecule has 1 aromatic carbocycles. The van der Waals surface area contributed by atoms with Gasteiger partial charge in [-0.1, -0.05) is 0 Å². The Labute approximate surface area is 116 Å². The molecule has 0 spiro atoms. The van der Waals surface area contributed by atoms with Crippen LogP contribution in [-0.2, 0) is 9.47 Å². The molecule has 2 N–H and O–H groups in total. The number of nitrogen functional groups attached to an aromatic ring is 1. The second-order valence-corrected chi connectivity index (χ2v) is 5.47. The predicted octanol–water partition coefficient (Wildman–Crippen LogP) is 2.19. The lowest BCUT2D eigenvalue weighted by molar-refractivity contribution is -0.00461. The Morgan fingerprint density at radius 2 is 1.78 bits per heavy atom. The number of hydrogen-bond donors (Lipinski definition) is 1. The largest absolute Gasteiger partial charge is 0.398 e. The molecular formula is C13H19BrN2O2. The molecule has 0 aliphatic carbocycles. The van der Waals surface area contributed by atoms with Crippen LogP contribution in [0.25, 0.3) is 0 Å². The van der Waals surface area contributed by atoms with Crippen molar-refractivity contribution in [3.8, 4) is 0 Å². The lowest BCUT2D eigenvalue weighted by Crippen LogP contribution is -2.27. The van der Waals surface area contributed by atoms with Gasteiger partial charge in [0.25, 0.3) is 0 Å². The minimum Gasteiger partial charge on any atom is -0.398 e. The molecule has 18 heavy (non-hydrogen) atoms. The molecule has 4 nitrogen and oxygen atoms in total. The van der Waals surface area contributed by atoms with E-state index < -0.39 is 0 Å². The van der Waals surface area contributed by atoms with Crippen LogP contribution in [0.4, 0.5) is 11.4 Å². The molecule has 0 bridgehead atoms. The number of aryl methyl sites for hydroxylation is 1. The predicted molar refractivity (Wildman–Crippen MR) is 77.1 cm³/mol. The number of anilines is 2. The van der Waals surface area contributed by atoms with Gasteiger partial charge in [-0.05, 0) is 40.5 Å². The molecule has 1 saturated heterocycles. The molecular weight excluding hydrogens is 296 g/mol. The van der Waals surface area contributed by atoms with Gasteiger partial charge >= 0.3 is 0 Å². The zero-order chi connectivity index (χ0) is 13.3. The molecule has 1 aliphatic rings. The van der Waals surface area contributed by atoms with Gasteiger partial charge in [-0.3, -0.25) is 0 Å². The van der Waals surface area contributed by atoms with Crippen molar-refractivity contribution in [1.29, 1.82) is 0 Å². The highest BCUT2D eigenvalue weighted by atomic mass is 79.9. The quantitative estimate of drug-likeness (QED) is 0.869. The summed E-state index contributed by atoms with van der Waals surface area (Å²) in [6.07, 6.45) is 0.222. The van der Waals surface area contributed by atoms with Gasteiger partial charge in [0.15, 0.2) is 0 Å². The molecule has 2 atom stereocenters. The third kappa shape index (κ3) is 2.48. The van der Waals surface area contributed by atoms with E-state index in [4.69, 9.17) is 15.2 Å². The Kier molecular flexibility index (Phi) is 4.14. The molecule has 1 fully saturated rings. The average Bonchev–Trinajstić information content (AvgIpc) is 2.76. The third-order valence-electron chi connectivity index (χ3n) is 3.50. The summed E-state index contributed by atoms with van der Waals surface area (Å²) in [4.78, 5) is 2.26. The molecule has 1 aromatic rings. The number of nitrogens with two attached hydrogens (primary N) is 1. The number of ether oxygens (including phenoxy) is 2. The SMILES string of the molecule is COC1CN(c2cc(C)c(N)cc2Br)CC1OC. The lowest BCUT2D eigenvalue weighted by atomic mass is 10.1. The molecule has 0 saturated carbocycles. The fourth-order valence-corrected chi connectivity index (χ4v) is 2.93. The summed E-state index contributed by atoms with van der Waals surface area (Å²) < 4.78 is 11.9. The van der Waals surface area contributed by atoms with Crippen molar-refractivity contribution in [1.82, 2.24) is 0 Å². The molecule has 2 unspecified atom stereocenters. The second-order valence-electron chi connectivity index (χ2n) is 4.61. The Morgan fingerprint density at radius 1 is 1.22 bits per heavy atom. The van der Waals surface area contributed by atoms with E-state index >= 15 is 0 Å². The van der Waals surface area contributed by atoms with Crippen LogP contribution in [0.5, 0.6) is 0 Å². The summed E-state index contributed by atoms with van der Waals surface area (Å²) in [5.74, 6) is 0. The number of hydrogen-bond acceptors (Lipinski definition) is 4. The molecule has 1 heterocycles. The van der Waals surface area contributed by atoms with Gasteiger partial charge < -0.3 is 20.1 Å². The number of methoxy groups -OCH3 is 2. The van der Waals surface area contributed by atoms with Gasteiger partial charge in [0, 0.05) is 37.5 Å². The van der Waals surface area contributed by atoms with Gasteiger partial charge in [-0.2, -0.15) is 0 Å². The third-order valence-corrected chi connectivity index (χ3v) is 4.13. The number of halogens is 1. The second kappa shape index (κ2) is 5.47. The van der Waals surface area contributed by atoms with Crippen LogP contribution in [0.2, 0.25) is 0 Å². The number of rotatable bonds is 3. The van der Waals surface area contributed by atoms with Gasteiger partial charge in [0.2, 0.25) is 0 Å². The van der Waals surface area contributed by atoms with Crippen LogP contribution >= 0.6 is 15.9 Å². The van der Waals surface area contributed by atoms with Crippen LogP contribution in [-0.4, -0.2) is 39.5 Å². The number of nitrogens with zero attached hydrogens (tertiary/aromatic N) is 1. The summed E-state index contributed by atoms with van der Waals surface area (Å²) in [6, 6.07) is 4.05. The molecule has 1 aliphatic heterocycles. The molecule has 2 rings (SSSR count). The maximum Gasteiger partial charge on any atom is 0.102 e. The van der Waals surface area contributed by atoms with Crippen molar-refractivity contribution in [3.05, 3.63) is 22.2 Å². The fourth-order valence-electron chi connectivity index (χ4n) is 2.32. The van der Waals surface area contributed by atoms with Gasteiger partial charge in [0.05, 0.1) is 5.69 Å². The highest BCUT2D eigenvalue weighted by Gasteiger charge is 2.33. The first kappa shape index (κ1) is 13.6. The van der Waals surface area contributed by atoms with Crippen molar-refractivity contribution in [2.24, 2.45) is 0 Å². The highest BCUT2D eigenvalue weighted by molar-refractivity contribution is 9.10. The first-order valence-electron chi connectivity index (χ1n) is 5.93. The van der Waals surface area contributed by atoms with Crippen LogP contribution in [0.3, 0.4) is 0 Å². The van der Waals surface area contributed by atoms with Crippen LogP contribution < -0.4 is 10.6 Å². The average molecular weight is 315 g/mol. The van der Waals surface area contributed by atoms with E-state index in [0.717, 1.165) is 34.5 Å². The molecule has 0 radical (unpaired) electrons. The van der Waals surface area contributed by atoms with Crippen molar-refractivity contribution in [3.63, 3.8) is 0 Å². The maximum atomic E-state index is 5.90. The molecule has 5 heteroatoms. The first-order chi connectivity index (χ1) is 8.56. The van der Waals surface area contributed by atoms with E-state index in [1.165, 1.54) is 0 Å². The minimum absolute atomic E-state index is 0.111. The Morgan fingerprint density at radius 3 is 2.28 bits per heavy atom. The van der Waals surface area contributed by atoms with Crippen molar-refractivity contribution in [2.75, 3.05) is 37.9 Å². The monoisotopic (exact) mass is 314 g/mol. The van der Waals surface area contributed by atoms with E-state index in [1.807, 2.05) is 13.0 Å². The Bertz CT molecular complexity index is 427. The van der Waals surface area contributed by atoms with E-state index in [2.05, 4.69) is 26.9 Å². The summed E-state index contributed by atoms with van der Waals surface area (Å²) in [5, 5.41) is 0. The van der Waals surface area contributed by atoms with E-state index in [1.54, 1.807) is 14.2 Å². The minimum atomic E-state index is 0.111. The number of benzene rings is 1. The summed E-state index contributed by atoms with van der Waals surface area (Å²) in [6.45, 7) is 3.68. The van der Waals surface area contributed by atoms with Crippen molar-refractivity contribution >= 4 is 27.3 Å². The zero-order valence-corrected chi connectivity index (χ0v) is 12.5. The molecule has 0 amide bonds. The van der Waals surface area contributed by atoms with Gasteiger partial charge in [-0.15, -0.1) is 0 Å². The smallest absolute Gasteiger partial charge is 0.102 e. The standard InChI is InChI=1S/C13H19BrN2O2/c1-8-4-11(9(14)5-10(8)15)16-6-12(17-2)13(7-16)18-3/h4-5,12-13H,6-7,15H2,1-3H3. The van der Waals surface area contributed by atoms with Crippen LogP contribution in [0.15, 0.2) is 16.6 Å². The summed E-state index contributed by atoms with van der Waals surface area (Å²) in [5.41, 5.74) is 8.93. The van der Waals surface area contributed by atoms with Crippen LogP contribution in [0, 0.1) is 6.92 Å².